The molecule has 2 heterocycles. The topological polar surface area (TPSA) is 61.8 Å². The maximum atomic E-state index is 13.6. The molecule has 0 unspecified atom stereocenters. The molecule has 6 nitrogen and oxygen atoms in total. The molecule has 0 bridgehead atoms. The van der Waals surface area contributed by atoms with Crippen molar-refractivity contribution >= 4 is 11.2 Å². The Morgan fingerprint density at radius 2 is 2.04 bits per heavy atom. The van der Waals surface area contributed by atoms with Gasteiger partial charge >= 0.3 is 5.69 Å². The zero-order valence-corrected chi connectivity index (χ0v) is 13.8. The highest BCUT2D eigenvalue weighted by atomic mass is 19.1. The first-order chi connectivity index (χ1) is 12.0. The summed E-state index contributed by atoms with van der Waals surface area (Å²) in [4.78, 5) is 29.5. The van der Waals surface area contributed by atoms with Gasteiger partial charge < -0.3 is 4.57 Å². The standard InChI is InChI=1S/C16H25FN4O2/c1-5-9-20-11-18-13-12(20)14(22)21(15(23)19(13)4)10-7-6-8-16(2,3)17/h11H,5-10H2,1-4H3/i4D3. The van der Waals surface area contributed by atoms with Gasteiger partial charge in [-0.3, -0.25) is 13.9 Å². The van der Waals surface area contributed by atoms with Crippen molar-refractivity contribution < 1.29 is 8.50 Å². The number of halogens is 1. The van der Waals surface area contributed by atoms with Gasteiger partial charge in [-0.25, -0.2) is 14.2 Å². The number of imidazole rings is 1. The van der Waals surface area contributed by atoms with Gasteiger partial charge in [-0.1, -0.05) is 6.92 Å². The fourth-order valence-electron chi connectivity index (χ4n) is 2.60. The Bertz CT molecular complexity index is 890. The number of hydrogen-bond acceptors (Lipinski definition) is 3. The van der Waals surface area contributed by atoms with E-state index in [1.807, 2.05) is 6.92 Å². The van der Waals surface area contributed by atoms with Crippen LogP contribution in [0.1, 0.15) is 50.6 Å². The molecule has 0 aliphatic carbocycles. The van der Waals surface area contributed by atoms with Crippen LogP contribution in [0.4, 0.5) is 4.39 Å². The number of alkyl halides is 1. The zero-order valence-electron chi connectivity index (χ0n) is 16.8. The molecule has 0 saturated heterocycles. The van der Waals surface area contributed by atoms with Crippen molar-refractivity contribution in [3.05, 3.63) is 27.2 Å². The van der Waals surface area contributed by atoms with Crippen LogP contribution in [-0.2, 0) is 20.1 Å². The van der Waals surface area contributed by atoms with E-state index in [4.69, 9.17) is 4.11 Å². The van der Waals surface area contributed by atoms with Crippen LogP contribution >= 0.6 is 0 Å². The third-order valence-electron chi connectivity index (χ3n) is 3.77. The van der Waals surface area contributed by atoms with E-state index in [2.05, 4.69) is 4.98 Å². The molecule has 2 aromatic heterocycles. The summed E-state index contributed by atoms with van der Waals surface area (Å²) in [6.07, 6.45) is 3.29. The normalized spacial score (nSPS) is 14.7. The second-order valence-corrected chi connectivity index (χ2v) is 6.36. The van der Waals surface area contributed by atoms with E-state index >= 15 is 0 Å². The maximum absolute atomic E-state index is 13.6. The quantitative estimate of drug-likeness (QED) is 0.733. The highest BCUT2D eigenvalue weighted by Crippen LogP contribution is 2.17. The Hall–Kier alpha value is -1.92. The van der Waals surface area contributed by atoms with Crippen molar-refractivity contribution in [3.8, 4) is 0 Å². The van der Waals surface area contributed by atoms with Gasteiger partial charge in [0.2, 0.25) is 0 Å². The number of nitrogens with zero attached hydrogens (tertiary/aromatic N) is 4. The van der Waals surface area contributed by atoms with E-state index in [9.17, 15) is 14.0 Å². The van der Waals surface area contributed by atoms with Crippen LogP contribution in [0.5, 0.6) is 0 Å². The van der Waals surface area contributed by atoms with Gasteiger partial charge in [0.05, 0.1) is 6.33 Å². The minimum atomic E-state index is -2.75. The largest absolute Gasteiger partial charge is 0.332 e. The minimum Gasteiger partial charge on any atom is -0.325 e. The van der Waals surface area contributed by atoms with Gasteiger partial charge in [0.15, 0.2) is 11.2 Å². The molecule has 2 aromatic rings. The lowest BCUT2D eigenvalue weighted by Gasteiger charge is -2.14. The van der Waals surface area contributed by atoms with E-state index in [0.29, 0.717) is 30.4 Å². The van der Waals surface area contributed by atoms with Gasteiger partial charge in [-0.2, -0.15) is 0 Å². The van der Waals surface area contributed by atoms with Gasteiger partial charge in [0.25, 0.3) is 5.56 Å². The first kappa shape index (κ1) is 13.5. The molecule has 0 saturated carbocycles. The molecular weight excluding hydrogens is 299 g/mol. The number of unbranched alkanes of at least 4 members (excludes halogenated alkanes) is 1. The zero-order chi connectivity index (χ0) is 19.7. The summed E-state index contributed by atoms with van der Waals surface area (Å²) in [6, 6.07) is 0. The van der Waals surface area contributed by atoms with Crippen LogP contribution in [0.2, 0.25) is 0 Å². The number of aromatic nitrogens is 4. The van der Waals surface area contributed by atoms with Crippen LogP contribution in [0.15, 0.2) is 15.9 Å². The van der Waals surface area contributed by atoms with E-state index in [0.717, 1.165) is 11.0 Å². The Morgan fingerprint density at radius 1 is 1.30 bits per heavy atom. The van der Waals surface area contributed by atoms with Crippen molar-refractivity contribution in [2.75, 3.05) is 0 Å². The molecule has 0 radical (unpaired) electrons. The van der Waals surface area contributed by atoms with E-state index in [1.54, 1.807) is 4.57 Å². The predicted octanol–water partition coefficient (Wildman–Crippen LogP) is 2.23. The van der Waals surface area contributed by atoms with Gasteiger partial charge in [0, 0.05) is 24.2 Å². The van der Waals surface area contributed by atoms with E-state index < -0.39 is 23.9 Å². The summed E-state index contributed by atoms with van der Waals surface area (Å²) >= 11 is 0. The van der Waals surface area contributed by atoms with E-state index in [1.165, 1.54) is 20.2 Å². The summed E-state index contributed by atoms with van der Waals surface area (Å²) in [6.45, 7) is 2.63. The van der Waals surface area contributed by atoms with E-state index in [-0.39, 0.29) is 17.7 Å². The molecule has 0 amide bonds. The lowest BCUT2D eigenvalue weighted by Crippen LogP contribution is -2.39. The second-order valence-electron chi connectivity index (χ2n) is 6.36. The summed E-state index contributed by atoms with van der Waals surface area (Å²) in [7, 11) is 0. The number of fused-ring (bicyclic) bond motifs is 1. The van der Waals surface area contributed by atoms with Crippen molar-refractivity contribution in [2.24, 2.45) is 6.98 Å². The summed E-state index contributed by atoms with van der Waals surface area (Å²) in [5.74, 6) is 0. The van der Waals surface area contributed by atoms with Crippen molar-refractivity contribution in [3.63, 3.8) is 0 Å². The highest BCUT2D eigenvalue weighted by molar-refractivity contribution is 5.69. The lowest BCUT2D eigenvalue weighted by atomic mass is 10.0. The van der Waals surface area contributed by atoms with Gasteiger partial charge in [-0.05, 0) is 39.5 Å². The Balaban J connectivity index is 2.54. The van der Waals surface area contributed by atoms with Crippen LogP contribution in [-0.4, -0.2) is 24.4 Å². The Morgan fingerprint density at radius 3 is 2.65 bits per heavy atom. The van der Waals surface area contributed by atoms with Crippen LogP contribution in [0.3, 0.4) is 0 Å². The van der Waals surface area contributed by atoms with Gasteiger partial charge in [0.1, 0.15) is 5.67 Å². The molecule has 23 heavy (non-hydrogen) atoms. The molecule has 0 aliphatic rings. The molecule has 0 atom stereocenters. The summed E-state index contributed by atoms with van der Waals surface area (Å²) < 4.78 is 39.6. The first-order valence-corrected chi connectivity index (χ1v) is 7.87. The molecule has 0 aromatic carbocycles. The Kier molecular flexibility index (Phi) is 3.92. The fourth-order valence-corrected chi connectivity index (χ4v) is 2.60. The number of hydrogen-bond donors (Lipinski definition) is 0. The predicted molar refractivity (Wildman–Crippen MR) is 88.6 cm³/mol. The molecule has 7 heteroatoms. The van der Waals surface area contributed by atoms with Crippen LogP contribution in [0, 0.1) is 0 Å². The molecule has 0 N–H and O–H groups in total. The monoisotopic (exact) mass is 327 g/mol. The minimum absolute atomic E-state index is 0.0388. The van der Waals surface area contributed by atoms with Crippen molar-refractivity contribution in [1.82, 2.24) is 18.7 Å². The summed E-state index contributed by atoms with van der Waals surface area (Å²) in [5, 5.41) is 0. The highest BCUT2D eigenvalue weighted by Gasteiger charge is 2.17. The van der Waals surface area contributed by atoms with Crippen LogP contribution < -0.4 is 11.2 Å². The third kappa shape index (κ3) is 3.71. The first-order valence-electron chi connectivity index (χ1n) is 9.37. The smallest absolute Gasteiger partial charge is 0.325 e. The Labute approximate surface area is 138 Å². The number of rotatable bonds is 7. The SMILES string of the molecule is [2H]C([2H])([2H])n1c(=O)n(CCCCC(C)(C)F)c(=O)c2c1ncn2CCC. The van der Waals surface area contributed by atoms with Crippen LogP contribution in [0.25, 0.3) is 11.2 Å². The molecule has 0 spiro atoms. The molecule has 0 aliphatic heterocycles. The molecular formula is C16H25FN4O2. The fraction of sp³-hybridized carbons (Fsp3) is 0.688. The average Bonchev–Trinajstić information content (AvgIpc) is 2.87. The second kappa shape index (κ2) is 6.68. The number of aryl methyl sites for hydroxylation is 2. The molecule has 0 fully saturated rings. The average molecular weight is 327 g/mol. The van der Waals surface area contributed by atoms with Crippen molar-refractivity contribution in [1.29, 1.82) is 0 Å². The van der Waals surface area contributed by atoms with Gasteiger partial charge in [-0.15, -0.1) is 0 Å². The third-order valence-corrected chi connectivity index (χ3v) is 3.77. The molecule has 2 rings (SSSR count). The lowest BCUT2D eigenvalue weighted by molar-refractivity contribution is 0.195. The van der Waals surface area contributed by atoms with Crippen molar-refractivity contribution in [2.45, 2.75) is 65.2 Å². The summed E-state index contributed by atoms with van der Waals surface area (Å²) in [5.41, 5.74) is -2.82. The maximum Gasteiger partial charge on any atom is 0.332 e. The molecule has 128 valence electrons.